The van der Waals surface area contributed by atoms with E-state index in [1.165, 1.54) is 6.26 Å². The zero-order chi connectivity index (χ0) is 12.7. The lowest BCUT2D eigenvalue weighted by atomic mass is 10.2. The van der Waals surface area contributed by atoms with E-state index in [0.717, 1.165) is 4.90 Å². The summed E-state index contributed by atoms with van der Waals surface area (Å²) in [6.07, 6.45) is -0.629. The highest BCUT2D eigenvalue weighted by atomic mass is 19.3. The summed E-state index contributed by atoms with van der Waals surface area (Å²) in [5.74, 6) is 0.232. The van der Waals surface area contributed by atoms with Gasteiger partial charge in [0, 0.05) is 19.4 Å². The summed E-state index contributed by atoms with van der Waals surface area (Å²) >= 11 is 0. The number of hydrogen-bond acceptors (Lipinski definition) is 3. The molecule has 0 aromatic carbocycles. The normalized spacial score (nSPS) is 10.8. The summed E-state index contributed by atoms with van der Waals surface area (Å²) in [6.45, 7) is -1.03. The molecule has 0 spiro atoms. The molecule has 0 fully saturated rings. The van der Waals surface area contributed by atoms with Gasteiger partial charge in [-0.05, 0) is 12.1 Å². The zero-order valence-corrected chi connectivity index (χ0v) is 9.31. The number of hydrogen-bond donors (Lipinski definition) is 1. The molecule has 0 atom stereocenters. The molecule has 0 saturated heterocycles. The van der Waals surface area contributed by atoms with Gasteiger partial charge in [-0.1, -0.05) is 0 Å². The molecule has 1 N–H and O–H groups in total. The maximum Gasteiger partial charge on any atom is 0.255 e. The van der Waals surface area contributed by atoms with Crippen molar-refractivity contribution in [2.24, 2.45) is 0 Å². The monoisotopic (exact) mass is 247 g/mol. The summed E-state index contributed by atoms with van der Waals surface area (Å²) in [5.41, 5.74) is 0. The summed E-state index contributed by atoms with van der Waals surface area (Å²) < 4.78 is 29.4. The molecule has 0 aliphatic carbocycles. The summed E-state index contributed by atoms with van der Waals surface area (Å²) in [5, 5.41) is 8.69. The van der Waals surface area contributed by atoms with Crippen molar-refractivity contribution in [1.29, 1.82) is 0 Å². The molecule has 1 amide bonds. The van der Waals surface area contributed by atoms with E-state index in [-0.39, 0.29) is 19.6 Å². The first kappa shape index (κ1) is 13.6. The van der Waals surface area contributed by atoms with Crippen LogP contribution in [-0.4, -0.2) is 42.0 Å². The second-order valence-corrected chi connectivity index (χ2v) is 3.53. The van der Waals surface area contributed by atoms with Crippen LogP contribution in [0.3, 0.4) is 0 Å². The van der Waals surface area contributed by atoms with Gasteiger partial charge in [-0.3, -0.25) is 4.79 Å². The highest BCUT2D eigenvalue weighted by Gasteiger charge is 2.17. The van der Waals surface area contributed by atoms with Crippen LogP contribution < -0.4 is 0 Å². The third kappa shape index (κ3) is 4.95. The predicted octanol–water partition coefficient (Wildman–Crippen LogP) is 1.30. The van der Waals surface area contributed by atoms with Crippen molar-refractivity contribution in [2.75, 3.05) is 19.7 Å². The maximum absolute atomic E-state index is 12.2. The fourth-order valence-electron chi connectivity index (χ4n) is 1.45. The van der Waals surface area contributed by atoms with Crippen molar-refractivity contribution in [3.63, 3.8) is 0 Å². The van der Waals surface area contributed by atoms with Gasteiger partial charge in [0.05, 0.1) is 19.4 Å². The molecule has 0 unspecified atom stereocenters. The Labute approximate surface area is 97.8 Å². The van der Waals surface area contributed by atoms with Crippen LogP contribution in [-0.2, 0) is 11.2 Å². The number of halogens is 2. The quantitative estimate of drug-likeness (QED) is 0.790. The predicted molar refractivity (Wildman–Crippen MR) is 56.7 cm³/mol. The Balaban J connectivity index is 2.41. The van der Waals surface area contributed by atoms with Gasteiger partial charge >= 0.3 is 0 Å². The smallest absolute Gasteiger partial charge is 0.255 e. The van der Waals surface area contributed by atoms with Crippen molar-refractivity contribution < 1.29 is 23.1 Å². The SMILES string of the molecule is O=C(CCc1ccco1)N(CCO)CC(F)F. The van der Waals surface area contributed by atoms with Gasteiger partial charge in [-0.15, -0.1) is 0 Å². The van der Waals surface area contributed by atoms with Crippen LogP contribution >= 0.6 is 0 Å². The third-order valence-electron chi connectivity index (χ3n) is 2.25. The molecular formula is C11H15F2NO3. The first-order valence-electron chi connectivity index (χ1n) is 5.32. The van der Waals surface area contributed by atoms with E-state index in [9.17, 15) is 13.6 Å². The van der Waals surface area contributed by atoms with Crippen molar-refractivity contribution in [3.8, 4) is 0 Å². The first-order valence-corrected chi connectivity index (χ1v) is 5.32. The number of amides is 1. The molecule has 0 bridgehead atoms. The Bertz CT molecular complexity index is 327. The Morgan fingerprint density at radius 1 is 1.53 bits per heavy atom. The number of aliphatic hydroxyl groups is 1. The number of alkyl halides is 2. The largest absolute Gasteiger partial charge is 0.469 e. The third-order valence-corrected chi connectivity index (χ3v) is 2.25. The maximum atomic E-state index is 12.2. The number of carbonyl (C=O) groups excluding carboxylic acids is 1. The Morgan fingerprint density at radius 3 is 2.82 bits per heavy atom. The lowest BCUT2D eigenvalue weighted by Crippen LogP contribution is -2.37. The average Bonchev–Trinajstić information content (AvgIpc) is 2.77. The van der Waals surface area contributed by atoms with Gasteiger partial charge in [-0.2, -0.15) is 0 Å². The van der Waals surface area contributed by atoms with E-state index in [0.29, 0.717) is 12.2 Å². The molecule has 4 nitrogen and oxygen atoms in total. The number of aryl methyl sites for hydroxylation is 1. The number of carbonyl (C=O) groups is 1. The van der Waals surface area contributed by atoms with Crippen molar-refractivity contribution in [3.05, 3.63) is 24.2 Å². The molecule has 96 valence electrons. The molecule has 0 aliphatic rings. The molecule has 0 radical (unpaired) electrons. The van der Waals surface area contributed by atoms with Crippen LogP contribution in [0.5, 0.6) is 0 Å². The van der Waals surface area contributed by atoms with E-state index >= 15 is 0 Å². The number of rotatable bonds is 7. The Morgan fingerprint density at radius 2 is 2.29 bits per heavy atom. The van der Waals surface area contributed by atoms with Gasteiger partial charge in [0.15, 0.2) is 0 Å². The van der Waals surface area contributed by atoms with E-state index < -0.39 is 18.9 Å². The summed E-state index contributed by atoms with van der Waals surface area (Å²) in [4.78, 5) is 12.6. The summed E-state index contributed by atoms with van der Waals surface area (Å²) in [7, 11) is 0. The van der Waals surface area contributed by atoms with Crippen LogP contribution in [0, 0.1) is 0 Å². The van der Waals surface area contributed by atoms with Crippen molar-refractivity contribution in [1.82, 2.24) is 4.90 Å². The standard InChI is InChI=1S/C11H15F2NO3/c12-10(13)8-14(5-6-15)11(16)4-3-9-2-1-7-17-9/h1-2,7,10,15H,3-6,8H2. The zero-order valence-electron chi connectivity index (χ0n) is 9.31. The number of furan rings is 1. The lowest BCUT2D eigenvalue weighted by Gasteiger charge is -2.20. The fraction of sp³-hybridized carbons (Fsp3) is 0.545. The second kappa shape index (κ2) is 7.01. The summed E-state index contributed by atoms with van der Waals surface area (Å²) in [6, 6.07) is 3.42. The molecule has 0 aliphatic heterocycles. The van der Waals surface area contributed by atoms with Gasteiger partial charge in [0.2, 0.25) is 5.91 Å². The van der Waals surface area contributed by atoms with Crippen LogP contribution in [0.4, 0.5) is 8.78 Å². The molecule has 1 aromatic rings. The minimum atomic E-state index is -2.59. The molecule has 1 heterocycles. The van der Waals surface area contributed by atoms with Gasteiger partial charge < -0.3 is 14.4 Å². The molecule has 1 rings (SSSR count). The van der Waals surface area contributed by atoms with Crippen LogP contribution in [0.1, 0.15) is 12.2 Å². The Kier molecular flexibility index (Phi) is 5.62. The van der Waals surface area contributed by atoms with E-state index in [1.54, 1.807) is 12.1 Å². The van der Waals surface area contributed by atoms with E-state index in [2.05, 4.69) is 0 Å². The van der Waals surface area contributed by atoms with Crippen LogP contribution in [0.25, 0.3) is 0 Å². The van der Waals surface area contributed by atoms with E-state index in [4.69, 9.17) is 9.52 Å². The topological polar surface area (TPSA) is 53.7 Å². The van der Waals surface area contributed by atoms with E-state index in [1.807, 2.05) is 0 Å². The van der Waals surface area contributed by atoms with Crippen molar-refractivity contribution >= 4 is 5.91 Å². The van der Waals surface area contributed by atoms with Crippen molar-refractivity contribution in [2.45, 2.75) is 19.3 Å². The molecular weight excluding hydrogens is 232 g/mol. The molecule has 6 heteroatoms. The van der Waals surface area contributed by atoms with Gasteiger partial charge in [-0.25, -0.2) is 8.78 Å². The molecule has 1 aromatic heterocycles. The molecule has 17 heavy (non-hydrogen) atoms. The minimum Gasteiger partial charge on any atom is -0.469 e. The first-order chi connectivity index (χ1) is 8.13. The fourth-order valence-corrected chi connectivity index (χ4v) is 1.45. The second-order valence-electron chi connectivity index (χ2n) is 3.53. The highest BCUT2D eigenvalue weighted by Crippen LogP contribution is 2.07. The Hall–Kier alpha value is -1.43. The number of nitrogens with zero attached hydrogens (tertiary/aromatic N) is 1. The van der Waals surface area contributed by atoms with Gasteiger partial charge in [0.25, 0.3) is 6.43 Å². The van der Waals surface area contributed by atoms with Crippen LogP contribution in [0.15, 0.2) is 22.8 Å². The average molecular weight is 247 g/mol. The van der Waals surface area contributed by atoms with Gasteiger partial charge in [0.1, 0.15) is 5.76 Å². The lowest BCUT2D eigenvalue weighted by molar-refractivity contribution is -0.133. The highest BCUT2D eigenvalue weighted by molar-refractivity contribution is 5.76. The number of aliphatic hydroxyl groups excluding tert-OH is 1. The molecule has 0 saturated carbocycles. The van der Waals surface area contributed by atoms with Crippen LogP contribution in [0.2, 0.25) is 0 Å². The minimum absolute atomic E-state index is 0.0681.